The molecule has 0 aliphatic heterocycles. The minimum Gasteiger partial charge on any atom is -0.393 e. The number of hydrogen-bond acceptors (Lipinski definition) is 3. The second-order valence-corrected chi connectivity index (χ2v) is 3.94. The van der Waals surface area contributed by atoms with E-state index in [1.807, 2.05) is 0 Å². The third kappa shape index (κ3) is 2.24. The van der Waals surface area contributed by atoms with Crippen LogP contribution in [-0.2, 0) is 4.79 Å². The number of nitrogens with zero attached hydrogens (tertiary/aromatic N) is 1. The molecule has 1 amide bonds. The van der Waals surface area contributed by atoms with E-state index >= 15 is 0 Å². The van der Waals surface area contributed by atoms with Gasteiger partial charge in [-0.1, -0.05) is 0 Å². The lowest BCUT2D eigenvalue weighted by molar-refractivity contribution is -0.131. The number of hydrogen-bond donors (Lipinski definition) is 2. The van der Waals surface area contributed by atoms with Gasteiger partial charge in [-0.25, -0.2) is 0 Å². The fourth-order valence-electron chi connectivity index (χ4n) is 1.48. The highest BCUT2D eigenvalue weighted by atomic mass is 16.3. The number of carbonyl (C=O) groups excluding carboxylic acids is 1. The van der Waals surface area contributed by atoms with E-state index in [1.54, 1.807) is 6.92 Å². The van der Waals surface area contributed by atoms with Crippen molar-refractivity contribution < 1.29 is 9.90 Å². The SMILES string of the molecule is CC(O)CCNC(=O)C1(C#N)CCC1. The smallest absolute Gasteiger partial charge is 0.240 e. The lowest BCUT2D eigenvalue weighted by atomic mass is 9.69. The van der Waals surface area contributed by atoms with Gasteiger partial charge in [0.2, 0.25) is 5.91 Å². The average molecular weight is 196 g/mol. The number of rotatable bonds is 4. The van der Waals surface area contributed by atoms with Crippen LogP contribution in [0.3, 0.4) is 0 Å². The monoisotopic (exact) mass is 196 g/mol. The zero-order valence-corrected chi connectivity index (χ0v) is 8.42. The summed E-state index contributed by atoms with van der Waals surface area (Å²) in [7, 11) is 0. The largest absolute Gasteiger partial charge is 0.393 e. The Hall–Kier alpha value is -1.08. The van der Waals surface area contributed by atoms with Crippen molar-refractivity contribution in [3.63, 3.8) is 0 Å². The van der Waals surface area contributed by atoms with Crippen LogP contribution in [0.2, 0.25) is 0 Å². The molecule has 0 saturated heterocycles. The predicted octanol–water partition coefficient (Wildman–Crippen LogP) is 0.567. The lowest BCUT2D eigenvalue weighted by Crippen LogP contribution is -2.45. The summed E-state index contributed by atoms with van der Waals surface area (Å²) in [5.74, 6) is -0.174. The molecule has 1 atom stereocenters. The first-order chi connectivity index (χ1) is 6.60. The van der Waals surface area contributed by atoms with Gasteiger partial charge in [-0.2, -0.15) is 5.26 Å². The Labute approximate surface area is 83.9 Å². The molecule has 0 spiro atoms. The van der Waals surface area contributed by atoms with Crippen molar-refractivity contribution in [3.8, 4) is 6.07 Å². The molecule has 0 aromatic heterocycles. The number of nitriles is 1. The van der Waals surface area contributed by atoms with Gasteiger partial charge in [0.1, 0.15) is 5.41 Å². The van der Waals surface area contributed by atoms with Crippen LogP contribution in [0.5, 0.6) is 0 Å². The Morgan fingerprint density at radius 3 is 2.71 bits per heavy atom. The number of amides is 1. The summed E-state index contributed by atoms with van der Waals surface area (Å²) >= 11 is 0. The van der Waals surface area contributed by atoms with Crippen LogP contribution in [0.4, 0.5) is 0 Å². The van der Waals surface area contributed by atoms with Crippen LogP contribution in [0.15, 0.2) is 0 Å². The van der Waals surface area contributed by atoms with Crippen molar-refractivity contribution in [3.05, 3.63) is 0 Å². The molecular weight excluding hydrogens is 180 g/mol. The van der Waals surface area contributed by atoms with Gasteiger partial charge in [0.15, 0.2) is 0 Å². The van der Waals surface area contributed by atoms with E-state index in [0.29, 0.717) is 25.8 Å². The summed E-state index contributed by atoms with van der Waals surface area (Å²) in [5, 5.41) is 20.5. The summed E-state index contributed by atoms with van der Waals surface area (Å²) < 4.78 is 0. The van der Waals surface area contributed by atoms with Crippen molar-refractivity contribution in [2.45, 2.75) is 38.7 Å². The number of aliphatic hydroxyl groups is 1. The highest BCUT2D eigenvalue weighted by Crippen LogP contribution is 2.40. The Bertz CT molecular complexity index is 251. The van der Waals surface area contributed by atoms with Gasteiger partial charge in [-0.15, -0.1) is 0 Å². The second-order valence-electron chi connectivity index (χ2n) is 3.94. The Balaban J connectivity index is 2.31. The van der Waals surface area contributed by atoms with Crippen LogP contribution in [0, 0.1) is 16.7 Å². The van der Waals surface area contributed by atoms with Gasteiger partial charge in [0.05, 0.1) is 12.2 Å². The summed E-state index contributed by atoms with van der Waals surface area (Å²) in [5.41, 5.74) is -0.765. The lowest BCUT2D eigenvalue weighted by Gasteiger charge is -2.33. The molecule has 1 aliphatic carbocycles. The van der Waals surface area contributed by atoms with Crippen LogP contribution in [0.25, 0.3) is 0 Å². The standard InChI is InChI=1S/C10H16N2O2/c1-8(13)3-6-12-9(14)10(7-11)4-2-5-10/h8,13H,2-6H2,1H3,(H,12,14). The Kier molecular flexibility index (Phi) is 3.48. The molecule has 0 aromatic rings. The average Bonchev–Trinajstić information content (AvgIpc) is 2.02. The molecule has 4 nitrogen and oxygen atoms in total. The molecule has 2 N–H and O–H groups in total. The van der Waals surface area contributed by atoms with E-state index in [9.17, 15) is 4.79 Å². The fraction of sp³-hybridized carbons (Fsp3) is 0.800. The van der Waals surface area contributed by atoms with Gasteiger partial charge in [-0.05, 0) is 32.6 Å². The van der Waals surface area contributed by atoms with Gasteiger partial charge in [-0.3, -0.25) is 4.79 Å². The number of nitrogens with one attached hydrogen (secondary N) is 1. The summed E-state index contributed by atoms with van der Waals surface area (Å²) in [6.45, 7) is 2.12. The van der Waals surface area contributed by atoms with Gasteiger partial charge in [0.25, 0.3) is 0 Å². The molecule has 1 saturated carbocycles. The van der Waals surface area contributed by atoms with Crippen LogP contribution in [0.1, 0.15) is 32.6 Å². The minimum atomic E-state index is -0.765. The zero-order valence-electron chi connectivity index (χ0n) is 8.42. The molecule has 1 unspecified atom stereocenters. The van der Waals surface area contributed by atoms with E-state index in [1.165, 1.54) is 0 Å². The van der Waals surface area contributed by atoms with Crippen LogP contribution >= 0.6 is 0 Å². The first-order valence-corrected chi connectivity index (χ1v) is 4.98. The maximum Gasteiger partial charge on any atom is 0.240 e. The summed E-state index contributed by atoms with van der Waals surface area (Å²) in [4.78, 5) is 11.5. The van der Waals surface area contributed by atoms with Gasteiger partial charge in [0, 0.05) is 6.54 Å². The molecule has 0 heterocycles. The third-order valence-electron chi connectivity index (χ3n) is 2.70. The van der Waals surface area contributed by atoms with E-state index in [2.05, 4.69) is 11.4 Å². The maximum atomic E-state index is 11.5. The molecule has 0 aromatic carbocycles. The van der Waals surface area contributed by atoms with Gasteiger partial charge < -0.3 is 10.4 Å². The molecule has 0 bridgehead atoms. The molecule has 1 aliphatic rings. The Morgan fingerprint density at radius 1 is 1.71 bits per heavy atom. The molecule has 1 fully saturated rings. The maximum absolute atomic E-state index is 11.5. The van der Waals surface area contributed by atoms with E-state index in [0.717, 1.165) is 6.42 Å². The van der Waals surface area contributed by atoms with Crippen molar-refractivity contribution in [2.24, 2.45) is 5.41 Å². The fourth-order valence-corrected chi connectivity index (χ4v) is 1.48. The first-order valence-electron chi connectivity index (χ1n) is 4.98. The number of aliphatic hydroxyl groups excluding tert-OH is 1. The van der Waals surface area contributed by atoms with Crippen molar-refractivity contribution in [2.75, 3.05) is 6.54 Å². The van der Waals surface area contributed by atoms with Crippen molar-refractivity contribution in [1.29, 1.82) is 5.26 Å². The summed E-state index contributed by atoms with van der Waals surface area (Å²) in [6.07, 6.45) is 2.42. The topological polar surface area (TPSA) is 73.1 Å². The predicted molar refractivity (Wildman–Crippen MR) is 51.2 cm³/mol. The highest BCUT2D eigenvalue weighted by molar-refractivity contribution is 5.86. The number of carbonyl (C=O) groups is 1. The second kappa shape index (κ2) is 4.43. The third-order valence-corrected chi connectivity index (χ3v) is 2.70. The molecular formula is C10H16N2O2. The summed E-state index contributed by atoms with van der Waals surface area (Å²) in [6, 6.07) is 2.08. The first kappa shape index (κ1) is 11.0. The van der Waals surface area contributed by atoms with Crippen LogP contribution in [-0.4, -0.2) is 23.7 Å². The van der Waals surface area contributed by atoms with E-state index < -0.39 is 11.5 Å². The minimum absolute atomic E-state index is 0.174. The van der Waals surface area contributed by atoms with E-state index in [4.69, 9.17) is 10.4 Å². The molecule has 1 rings (SSSR count). The molecule has 0 radical (unpaired) electrons. The van der Waals surface area contributed by atoms with Gasteiger partial charge >= 0.3 is 0 Å². The normalized spacial score (nSPS) is 20.4. The van der Waals surface area contributed by atoms with Crippen LogP contribution < -0.4 is 5.32 Å². The Morgan fingerprint density at radius 2 is 2.36 bits per heavy atom. The zero-order chi connectivity index (χ0) is 10.6. The molecule has 14 heavy (non-hydrogen) atoms. The molecule has 4 heteroatoms. The highest BCUT2D eigenvalue weighted by Gasteiger charge is 2.44. The quantitative estimate of drug-likeness (QED) is 0.690. The van der Waals surface area contributed by atoms with Crippen molar-refractivity contribution >= 4 is 5.91 Å². The molecule has 78 valence electrons. The van der Waals surface area contributed by atoms with E-state index in [-0.39, 0.29) is 5.91 Å². The van der Waals surface area contributed by atoms with Crippen molar-refractivity contribution in [1.82, 2.24) is 5.32 Å².